The third kappa shape index (κ3) is 15.2. The Morgan fingerprint density at radius 3 is 0.800 bits per heavy atom. The monoisotopic (exact) mass is 1050 g/mol. The summed E-state index contributed by atoms with van der Waals surface area (Å²) in [5, 5.41) is 0. The number of nitrogens with zero attached hydrogens (tertiary/aromatic N) is 2. The molecule has 80 heavy (non-hydrogen) atoms. The molecule has 0 saturated carbocycles. The number of ether oxygens (including phenoxy) is 3. The van der Waals surface area contributed by atoms with Crippen LogP contribution in [0.4, 0.5) is 34.1 Å². The van der Waals surface area contributed by atoms with Crippen molar-refractivity contribution in [2.75, 3.05) is 9.80 Å². The van der Waals surface area contributed by atoms with Gasteiger partial charge in [0.25, 0.3) is 0 Å². The van der Waals surface area contributed by atoms with Crippen LogP contribution < -0.4 is 9.80 Å². The van der Waals surface area contributed by atoms with Gasteiger partial charge in [-0.3, -0.25) is 14.4 Å². The lowest BCUT2D eigenvalue weighted by Crippen LogP contribution is -2.11. The summed E-state index contributed by atoms with van der Waals surface area (Å²) < 4.78 is 16.7. The fourth-order valence-corrected chi connectivity index (χ4v) is 9.21. The number of esters is 3. The van der Waals surface area contributed by atoms with E-state index in [4.69, 9.17) is 14.2 Å². The molecule has 0 aromatic heterocycles. The van der Waals surface area contributed by atoms with E-state index in [2.05, 4.69) is 163 Å². The van der Waals surface area contributed by atoms with Gasteiger partial charge in [-0.05, 0) is 153 Å². The number of aryl methyl sites for hydroxylation is 3. The first kappa shape index (κ1) is 55.0. The molecule has 8 nitrogen and oxygen atoms in total. The molecule has 0 unspecified atom stereocenters. The second-order valence-electron chi connectivity index (χ2n) is 19.4. The molecule has 0 heterocycles. The first-order valence-electron chi connectivity index (χ1n) is 26.9. The Morgan fingerprint density at radius 2 is 0.537 bits per heavy atom. The molecule has 0 aliphatic rings. The van der Waals surface area contributed by atoms with Crippen LogP contribution >= 0.6 is 0 Å². The summed E-state index contributed by atoms with van der Waals surface area (Å²) in [6.45, 7) is 12.1. The molecule has 0 bridgehead atoms. The van der Waals surface area contributed by atoms with Gasteiger partial charge in [0.15, 0.2) is 0 Å². The fraction of sp³-hybridized carbons (Fsp3) is 0.125. The highest BCUT2D eigenvalue weighted by molar-refractivity contribution is 5.81. The number of para-hydroxylation sites is 1. The predicted molar refractivity (Wildman–Crippen MR) is 325 cm³/mol. The molecule has 9 rings (SSSR count). The summed E-state index contributed by atoms with van der Waals surface area (Å²) in [5.41, 5.74) is 17.0. The number of carbonyl (C=O) groups is 3. The van der Waals surface area contributed by atoms with Crippen LogP contribution in [0.1, 0.15) is 69.3 Å². The van der Waals surface area contributed by atoms with Gasteiger partial charge in [0.2, 0.25) is 0 Å². The number of hydrogen-bond donors (Lipinski definition) is 0. The van der Waals surface area contributed by atoms with Crippen molar-refractivity contribution in [3.63, 3.8) is 0 Å². The molecule has 9 aromatic rings. The van der Waals surface area contributed by atoms with Gasteiger partial charge < -0.3 is 24.0 Å². The van der Waals surface area contributed by atoms with Crippen molar-refractivity contribution < 1.29 is 28.6 Å². The minimum absolute atomic E-state index is 0.226. The van der Waals surface area contributed by atoms with Gasteiger partial charge in [0, 0.05) is 53.4 Å². The second kappa shape index (κ2) is 27.5. The molecule has 0 amide bonds. The SMILES string of the molecule is C=Cc1ccc(COC(=O)CCc2ccc(N(c3ccccc3)c3ccc(-c4ccc(N(c5ccc(CCC(=O)OCc6ccc(C=C)cc6)cc5)c5ccc(CCC(=O)OCc6ccc(C=C)cc6)cc5)cc4)cc3)cc2)cc1. The number of benzene rings is 9. The zero-order valence-corrected chi connectivity index (χ0v) is 44.9. The Balaban J connectivity index is 0.875. The minimum Gasteiger partial charge on any atom is -0.461 e. The van der Waals surface area contributed by atoms with Crippen LogP contribution in [0.3, 0.4) is 0 Å². The van der Waals surface area contributed by atoms with Gasteiger partial charge in [-0.25, -0.2) is 0 Å². The molecule has 0 atom stereocenters. The molecule has 0 aliphatic carbocycles. The number of rotatable bonds is 25. The average Bonchev–Trinajstić information content (AvgIpc) is 3.52. The van der Waals surface area contributed by atoms with E-state index in [0.29, 0.717) is 19.3 Å². The van der Waals surface area contributed by atoms with E-state index < -0.39 is 0 Å². The van der Waals surface area contributed by atoms with E-state index in [1.165, 1.54) is 0 Å². The second-order valence-corrected chi connectivity index (χ2v) is 19.4. The summed E-state index contributed by atoms with van der Waals surface area (Å²) in [7, 11) is 0. The molecule has 0 fully saturated rings. The Hall–Kier alpha value is -9.79. The van der Waals surface area contributed by atoms with Crippen LogP contribution in [-0.2, 0) is 67.7 Å². The lowest BCUT2D eigenvalue weighted by molar-refractivity contribution is -0.145. The smallest absolute Gasteiger partial charge is 0.306 e. The first-order valence-corrected chi connectivity index (χ1v) is 26.9. The Morgan fingerprint density at radius 1 is 0.300 bits per heavy atom. The van der Waals surface area contributed by atoms with Crippen molar-refractivity contribution in [3.05, 3.63) is 294 Å². The normalized spacial score (nSPS) is 10.8. The van der Waals surface area contributed by atoms with Gasteiger partial charge in [-0.15, -0.1) is 0 Å². The van der Waals surface area contributed by atoms with Crippen molar-refractivity contribution in [2.24, 2.45) is 0 Å². The van der Waals surface area contributed by atoms with E-state index in [-0.39, 0.29) is 57.0 Å². The Labute approximate surface area is 470 Å². The molecular weight excluding hydrogens is 989 g/mol. The lowest BCUT2D eigenvalue weighted by atomic mass is 10.0. The van der Waals surface area contributed by atoms with E-state index >= 15 is 0 Å². The van der Waals surface area contributed by atoms with Gasteiger partial charge in [0.1, 0.15) is 19.8 Å². The lowest BCUT2D eigenvalue weighted by Gasteiger charge is -2.26. The molecule has 398 valence electrons. The first-order chi connectivity index (χ1) is 39.2. The van der Waals surface area contributed by atoms with E-state index in [9.17, 15) is 14.4 Å². The van der Waals surface area contributed by atoms with Gasteiger partial charge in [0.05, 0.1) is 0 Å². The quantitative estimate of drug-likeness (QED) is 0.0413. The highest BCUT2D eigenvalue weighted by Crippen LogP contribution is 2.38. The highest BCUT2D eigenvalue weighted by Gasteiger charge is 2.17. The molecule has 8 heteroatoms. The average molecular weight is 1050 g/mol. The van der Waals surface area contributed by atoms with Crippen molar-refractivity contribution in [2.45, 2.75) is 58.3 Å². The summed E-state index contributed by atoms with van der Waals surface area (Å²) in [4.78, 5) is 42.7. The highest BCUT2D eigenvalue weighted by atomic mass is 16.5. The molecule has 0 saturated heterocycles. The minimum atomic E-state index is -0.249. The topological polar surface area (TPSA) is 85.4 Å². The van der Waals surface area contributed by atoms with Crippen molar-refractivity contribution in [1.82, 2.24) is 0 Å². The van der Waals surface area contributed by atoms with Crippen molar-refractivity contribution in [3.8, 4) is 11.1 Å². The Bertz CT molecular complexity index is 3370. The third-order valence-electron chi connectivity index (χ3n) is 13.9. The molecule has 0 radical (unpaired) electrons. The van der Waals surface area contributed by atoms with Crippen molar-refractivity contribution >= 4 is 70.3 Å². The van der Waals surface area contributed by atoms with E-state index in [1.807, 2.05) is 91.0 Å². The van der Waals surface area contributed by atoms with Gasteiger partial charge in [-0.2, -0.15) is 0 Å². The van der Waals surface area contributed by atoms with Gasteiger partial charge >= 0.3 is 17.9 Å². The summed E-state index contributed by atoms with van der Waals surface area (Å²) in [6.07, 6.45) is 7.84. The maximum Gasteiger partial charge on any atom is 0.306 e. The molecule has 0 spiro atoms. The van der Waals surface area contributed by atoms with Gasteiger partial charge in [-0.1, -0.05) is 190 Å². The third-order valence-corrected chi connectivity index (χ3v) is 13.9. The van der Waals surface area contributed by atoms with Crippen molar-refractivity contribution in [1.29, 1.82) is 0 Å². The maximum atomic E-state index is 12.8. The number of carbonyl (C=O) groups excluding carboxylic acids is 3. The zero-order chi connectivity index (χ0) is 55.5. The largest absolute Gasteiger partial charge is 0.461 e. The van der Waals surface area contributed by atoms with Crippen LogP contribution in [0.15, 0.2) is 244 Å². The maximum absolute atomic E-state index is 12.8. The Kier molecular flexibility index (Phi) is 18.9. The van der Waals surface area contributed by atoms with E-state index in [1.54, 1.807) is 18.2 Å². The van der Waals surface area contributed by atoms with Crippen LogP contribution in [0.25, 0.3) is 29.4 Å². The number of hydrogen-bond acceptors (Lipinski definition) is 8. The predicted octanol–water partition coefficient (Wildman–Crippen LogP) is 17.3. The van der Waals surface area contributed by atoms with E-state index in [0.717, 1.165) is 95.3 Å². The molecule has 0 aliphatic heterocycles. The summed E-state index contributed by atoms with van der Waals surface area (Å²) in [6, 6.07) is 75.7. The number of anilines is 6. The standard InChI is InChI=1S/C72H64N2O6/c1-4-53-12-18-59(19-13-53)50-78-70(75)47-30-56-24-37-65(38-25-56)73(64-10-8-7-9-11-64)68-43-33-62(34-44-68)63-35-45-69(46-36-63)74(66-39-26-57(27-40-66)31-48-71(76)79-51-60-20-14-54(5-2)15-21-60)67-41-28-58(29-42-67)32-49-72(77)80-52-61-22-16-55(6-3)17-23-61/h4-29,33-46H,1-3,30-32,47-52H2. The molecule has 0 N–H and O–H groups in total. The van der Waals surface area contributed by atoms with Crippen LogP contribution in [0.2, 0.25) is 0 Å². The summed E-state index contributed by atoms with van der Waals surface area (Å²) in [5.74, 6) is -0.731. The summed E-state index contributed by atoms with van der Waals surface area (Å²) >= 11 is 0. The fourth-order valence-electron chi connectivity index (χ4n) is 9.21. The molecular formula is C72H64N2O6. The zero-order valence-electron chi connectivity index (χ0n) is 44.9. The van der Waals surface area contributed by atoms with Crippen LogP contribution in [-0.4, -0.2) is 17.9 Å². The van der Waals surface area contributed by atoms with Crippen LogP contribution in [0, 0.1) is 0 Å². The molecule has 9 aromatic carbocycles. The van der Waals surface area contributed by atoms with Crippen LogP contribution in [0.5, 0.6) is 0 Å².